The summed E-state index contributed by atoms with van der Waals surface area (Å²) in [6, 6.07) is 0. The molecular formula is C18H23Cl2O4P. The van der Waals surface area contributed by atoms with Crippen LogP contribution >= 0.6 is 28.6 Å². The van der Waals surface area contributed by atoms with Crippen LogP contribution in [0.4, 0.5) is 0 Å². The lowest BCUT2D eigenvalue weighted by Gasteiger charge is -2.55. The minimum Gasteiger partial charge on any atom is -0.381 e. The van der Waals surface area contributed by atoms with Crippen LogP contribution in [-0.4, -0.2) is 22.6 Å². The molecule has 0 radical (unpaired) electrons. The molecular weight excluding hydrogens is 382 g/mol. The molecule has 0 aliphatic heterocycles. The van der Waals surface area contributed by atoms with Gasteiger partial charge in [0.15, 0.2) is 5.78 Å². The fraction of sp³-hybridized carbons (Fsp3) is 0.722. The number of hydrogen-bond acceptors (Lipinski definition) is 4. The van der Waals surface area contributed by atoms with Gasteiger partial charge in [0, 0.05) is 6.42 Å². The third kappa shape index (κ3) is 2.89. The standard InChI is InChI=1S/C18H23Cl2O4P/c1-17-8-7-15-13(14(17)4-5-16(17)24-25(19,20)23)3-2-11-10-12(21)6-9-18(11,15)22/h2,6,9,13-16,22H,3-5,7-8,10H2,1H3/t13?,14?,15?,16?,17-,18+/m0/s1. The van der Waals surface area contributed by atoms with Crippen molar-refractivity contribution in [1.29, 1.82) is 0 Å². The van der Waals surface area contributed by atoms with Crippen LogP contribution < -0.4 is 0 Å². The first-order valence-corrected chi connectivity index (χ1v) is 12.4. The highest BCUT2D eigenvalue weighted by Gasteiger charge is 2.60. The lowest BCUT2D eigenvalue weighted by molar-refractivity contribution is -0.117. The van der Waals surface area contributed by atoms with Gasteiger partial charge < -0.3 is 9.63 Å². The zero-order chi connectivity index (χ0) is 18.0. The number of aliphatic hydroxyl groups is 1. The van der Waals surface area contributed by atoms with Gasteiger partial charge in [0.2, 0.25) is 0 Å². The Morgan fingerprint density at radius 1 is 1.28 bits per heavy atom. The molecule has 4 aliphatic carbocycles. The van der Waals surface area contributed by atoms with E-state index in [1.807, 2.05) is 0 Å². The average molecular weight is 405 g/mol. The minimum atomic E-state index is -3.57. The number of ketones is 1. The van der Waals surface area contributed by atoms with Crippen molar-refractivity contribution in [2.24, 2.45) is 23.2 Å². The molecule has 2 saturated carbocycles. The molecule has 4 rings (SSSR count). The van der Waals surface area contributed by atoms with Gasteiger partial charge in [-0.05, 0) is 95.5 Å². The summed E-state index contributed by atoms with van der Waals surface area (Å²) in [7, 11) is 0. The number of rotatable bonds is 2. The summed E-state index contributed by atoms with van der Waals surface area (Å²) < 4.78 is 17.3. The Labute approximate surface area is 157 Å². The van der Waals surface area contributed by atoms with Gasteiger partial charge in [0.1, 0.15) is 5.60 Å². The smallest absolute Gasteiger partial charge is 0.380 e. The second kappa shape index (κ2) is 5.94. The van der Waals surface area contributed by atoms with Crippen molar-refractivity contribution in [2.45, 2.75) is 57.2 Å². The van der Waals surface area contributed by atoms with Crippen molar-refractivity contribution < 1.29 is 19.0 Å². The molecule has 25 heavy (non-hydrogen) atoms. The van der Waals surface area contributed by atoms with Crippen molar-refractivity contribution in [3.63, 3.8) is 0 Å². The second-order valence-corrected chi connectivity index (χ2v) is 12.5. The maximum atomic E-state index is 11.8. The van der Waals surface area contributed by atoms with E-state index in [1.54, 1.807) is 6.08 Å². The Bertz CT molecular complexity index is 714. The predicted molar refractivity (Wildman–Crippen MR) is 97.6 cm³/mol. The summed E-state index contributed by atoms with van der Waals surface area (Å²) >= 11 is 11.4. The van der Waals surface area contributed by atoms with Crippen LogP contribution in [0.25, 0.3) is 0 Å². The SMILES string of the molecule is C[C@]12CCC3C(CC=C4CC(=O)C=C[C@@]43O)C1CCC2OP(=O)(Cl)Cl. The van der Waals surface area contributed by atoms with E-state index in [9.17, 15) is 14.5 Å². The largest absolute Gasteiger partial charge is 0.381 e. The van der Waals surface area contributed by atoms with Crippen molar-refractivity contribution in [1.82, 2.24) is 0 Å². The Hall–Kier alpha value is -0.120. The van der Waals surface area contributed by atoms with E-state index < -0.39 is 11.7 Å². The Morgan fingerprint density at radius 3 is 2.76 bits per heavy atom. The summed E-state index contributed by atoms with van der Waals surface area (Å²) in [6.07, 6.45) is 6.19. The predicted octanol–water partition coefficient (Wildman–Crippen LogP) is 4.99. The number of allylic oxidation sites excluding steroid dienone is 2. The zero-order valence-corrected chi connectivity index (χ0v) is 16.6. The Kier molecular flexibility index (Phi) is 4.34. The van der Waals surface area contributed by atoms with E-state index in [2.05, 4.69) is 13.0 Å². The molecule has 7 heteroatoms. The highest BCUT2D eigenvalue weighted by Crippen LogP contribution is 2.67. The van der Waals surface area contributed by atoms with Gasteiger partial charge in [-0.3, -0.25) is 9.36 Å². The number of carbonyl (C=O) groups is 1. The van der Waals surface area contributed by atoms with E-state index in [4.69, 9.17) is 27.0 Å². The highest BCUT2D eigenvalue weighted by atomic mass is 35.9. The topological polar surface area (TPSA) is 63.6 Å². The van der Waals surface area contributed by atoms with Gasteiger partial charge in [-0.25, -0.2) is 0 Å². The lowest BCUT2D eigenvalue weighted by atomic mass is 9.52. The third-order valence-electron chi connectivity index (χ3n) is 7.20. The first-order valence-electron chi connectivity index (χ1n) is 8.95. The van der Waals surface area contributed by atoms with Gasteiger partial charge in [-0.15, -0.1) is 0 Å². The summed E-state index contributed by atoms with van der Waals surface area (Å²) in [5, 5.41) is 11.3. The number of halogens is 2. The van der Waals surface area contributed by atoms with Crippen LogP contribution in [0, 0.1) is 23.2 Å². The fourth-order valence-electron chi connectivity index (χ4n) is 6.03. The molecule has 0 heterocycles. The quantitative estimate of drug-likeness (QED) is 0.519. The van der Waals surface area contributed by atoms with E-state index >= 15 is 0 Å². The Balaban J connectivity index is 1.64. The fourth-order valence-corrected chi connectivity index (χ4v) is 7.25. The molecule has 0 aromatic heterocycles. The summed E-state index contributed by atoms with van der Waals surface area (Å²) in [5.41, 5.74) is -0.260. The molecule has 138 valence electrons. The van der Waals surface area contributed by atoms with Crippen molar-refractivity contribution in [3.8, 4) is 0 Å². The lowest BCUT2D eigenvalue weighted by Crippen LogP contribution is -2.54. The van der Waals surface area contributed by atoms with Gasteiger partial charge in [0.25, 0.3) is 0 Å². The monoisotopic (exact) mass is 404 g/mol. The summed E-state index contributed by atoms with van der Waals surface area (Å²) in [6.45, 7) is 2.18. The van der Waals surface area contributed by atoms with Crippen LogP contribution in [0.2, 0.25) is 0 Å². The van der Waals surface area contributed by atoms with Crippen LogP contribution in [0.15, 0.2) is 23.8 Å². The molecule has 4 unspecified atom stereocenters. The second-order valence-electron chi connectivity index (χ2n) is 8.27. The normalized spacial score (nSPS) is 46.2. The molecule has 0 bridgehead atoms. The van der Waals surface area contributed by atoms with E-state index in [0.717, 1.165) is 37.7 Å². The molecule has 0 spiro atoms. The summed E-state index contributed by atoms with van der Waals surface area (Å²) in [5.74, 6) is 0.866. The van der Waals surface area contributed by atoms with Crippen molar-refractivity contribution in [3.05, 3.63) is 23.8 Å². The third-order valence-corrected chi connectivity index (χ3v) is 8.18. The first kappa shape index (κ1) is 18.3. The highest BCUT2D eigenvalue weighted by molar-refractivity contribution is 8.05. The van der Waals surface area contributed by atoms with E-state index in [1.165, 1.54) is 6.08 Å². The summed E-state index contributed by atoms with van der Waals surface area (Å²) in [4.78, 5) is 11.7. The molecule has 0 aromatic rings. The van der Waals surface area contributed by atoms with Crippen LogP contribution in [0.5, 0.6) is 0 Å². The maximum absolute atomic E-state index is 11.8. The minimum absolute atomic E-state index is 0.0596. The molecule has 1 N–H and O–H groups in total. The van der Waals surface area contributed by atoms with Gasteiger partial charge in [0.05, 0.1) is 6.10 Å². The van der Waals surface area contributed by atoms with Crippen LogP contribution in [0.1, 0.15) is 45.4 Å². The van der Waals surface area contributed by atoms with Crippen molar-refractivity contribution in [2.75, 3.05) is 0 Å². The molecule has 0 saturated heterocycles. The molecule has 6 atom stereocenters. The van der Waals surface area contributed by atoms with Crippen LogP contribution in [0.3, 0.4) is 0 Å². The molecule has 0 amide bonds. The van der Waals surface area contributed by atoms with Gasteiger partial charge in [-0.2, -0.15) is 0 Å². The average Bonchev–Trinajstić information content (AvgIpc) is 2.83. The Morgan fingerprint density at radius 2 is 2.04 bits per heavy atom. The number of fused-ring (bicyclic) bond motifs is 5. The number of hydrogen-bond donors (Lipinski definition) is 1. The number of carbonyl (C=O) groups excluding carboxylic acids is 1. The van der Waals surface area contributed by atoms with Crippen molar-refractivity contribution >= 4 is 34.3 Å². The van der Waals surface area contributed by atoms with Crippen LogP contribution in [-0.2, 0) is 13.9 Å². The zero-order valence-electron chi connectivity index (χ0n) is 14.2. The molecule has 4 nitrogen and oxygen atoms in total. The van der Waals surface area contributed by atoms with E-state index in [-0.39, 0.29) is 23.2 Å². The molecule has 2 fully saturated rings. The van der Waals surface area contributed by atoms with Gasteiger partial charge >= 0.3 is 6.07 Å². The first-order chi connectivity index (χ1) is 11.6. The molecule has 4 aliphatic rings. The maximum Gasteiger partial charge on any atom is 0.380 e. The van der Waals surface area contributed by atoms with E-state index in [0.29, 0.717) is 18.3 Å². The molecule has 0 aromatic carbocycles. The van der Waals surface area contributed by atoms with Gasteiger partial charge in [-0.1, -0.05) is 13.0 Å².